The lowest BCUT2D eigenvalue weighted by molar-refractivity contribution is -0.119. The first-order valence-corrected chi connectivity index (χ1v) is 8.81. The van der Waals surface area contributed by atoms with E-state index in [1.54, 1.807) is 6.20 Å². The summed E-state index contributed by atoms with van der Waals surface area (Å²) in [6.45, 7) is 3.44. The van der Waals surface area contributed by atoms with Crippen molar-refractivity contribution < 1.29 is 9.53 Å². The fourth-order valence-electron chi connectivity index (χ4n) is 3.07. The van der Waals surface area contributed by atoms with E-state index in [2.05, 4.69) is 22.4 Å². The number of aromatic nitrogens is 1. The van der Waals surface area contributed by atoms with Crippen LogP contribution in [0.1, 0.15) is 43.4 Å². The number of benzene rings is 1. The number of pyridine rings is 1. The van der Waals surface area contributed by atoms with Crippen LogP contribution in [0, 0.1) is 0 Å². The van der Waals surface area contributed by atoms with E-state index < -0.39 is 0 Å². The highest BCUT2D eigenvalue weighted by Crippen LogP contribution is 2.27. The van der Waals surface area contributed by atoms with Crippen molar-refractivity contribution in [2.45, 2.75) is 45.6 Å². The van der Waals surface area contributed by atoms with Gasteiger partial charge in [0.05, 0.1) is 0 Å². The van der Waals surface area contributed by atoms with Crippen LogP contribution in [-0.4, -0.2) is 16.9 Å². The van der Waals surface area contributed by atoms with Gasteiger partial charge < -0.3 is 10.1 Å². The van der Waals surface area contributed by atoms with Gasteiger partial charge in [-0.15, -0.1) is 0 Å². The predicted octanol–water partition coefficient (Wildman–Crippen LogP) is 4.29. The van der Waals surface area contributed by atoms with E-state index in [1.807, 2.05) is 37.3 Å². The molecule has 2 aromatic rings. The van der Waals surface area contributed by atoms with Crippen LogP contribution >= 0.6 is 0 Å². The van der Waals surface area contributed by atoms with Crippen LogP contribution in [0.25, 0.3) is 6.08 Å². The van der Waals surface area contributed by atoms with Crippen molar-refractivity contribution >= 4 is 12.0 Å². The quantitative estimate of drug-likeness (QED) is 0.886. The van der Waals surface area contributed by atoms with E-state index in [0.29, 0.717) is 5.88 Å². The lowest BCUT2D eigenvalue weighted by Crippen LogP contribution is -2.28. The van der Waals surface area contributed by atoms with E-state index in [1.165, 1.54) is 37.3 Å². The molecule has 0 saturated carbocycles. The van der Waals surface area contributed by atoms with Crippen LogP contribution in [0.4, 0.5) is 0 Å². The van der Waals surface area contributed by atoms with Crippen LogP contribution in [-0.2, 0) is 17.6 Å². The maximum Gasteiger partial charge on any atom is 0.219 e. The molecule has 4 heteroatoms. The Morgan fingerprint density at radius 1 is 1.20 bits per heavy atom. The lowest BCUT2D eigenvalue weighted by atomic mass is 9.92. The van der Waals surface area contributed by atoms with Gasteiger partial charge in [0.25, 0.3) is 0 Å². The van der Waals surface area contributed by atoms with Gasteiger partial charge in [-0.3, -0.25) is 4.79 Å². The van der Waals surface area contributed by atoms with E-state index >= 15 is 0 Å². The van der Waals surface area contributed by atoms with Crippen molar-refractivity contribution in [1.29, 1.82) is 0 Å². The topological polar surface area (TPSA) is 51.2 Å². The third-order valence-electron chi connectivity index (χ3n) is 4.31. The molecule has 0 spiro atoms. The van der Waals surface area contributed by atoms with Gasteiger partial charge in [0.15, 0.2) is 0 Å². The normalized spacial score (nSPS) is 14.8. The molecule has 0 fully saturated rings. The molecule has 3 rings (SSSR count). The van der Waals surface area contributed by atoms with Crippen LogP contribution in [0.15, 0.2) is 42.6 Å². The maximum absolute atomic E-state index is 11.0. The number of ether oxygens (including phenoxy) is 1. The number of aryl methyl sites for hydroxylation is 2. The Labute approximate surface area is 148 Å². The zero-order valence-corrected chi connectivity index (χ0v) is 14.8. The van der Waals surface area contributed by atoms with E-state index in [9.17, 15) is 4.79 Å². The third kappa shape index (κ3) is 4.92. The molecule has 1 aliphatic rings. The Balaban J connectivity index is 1.63. The summed E-state index contributed by atoms with van der Waals surface area (Å²) in [5, 5.41) is 2.81. The number of fused-ring (bicyclic) bond motifs is 1. The fourth-order valence-corrected chi connectivity index (χ4v) is 3.07. The molecule has 1 atom stereocenters. The SMILES string of the molecule is CC(=O)N[C@@H](C)/C=C/c1ccc(Oc2ccc3c(c2)CCCC3)nc1. The number of nitrogens with one attached hydrogen (secondary N) is 1. The third-order valence-corrected chi connectivity index (χ3v) is 4.31. The standard InChI is InChI=1S/C21H24N2O2/c1-15(23-16(2)24)7-8-17-9-12-21(22-14-17)25-20-11-10-18-5-3-4-6-19(18)13-20/h7-15H,3-6H2,1-2H3,(H,23,24)/b8-7+/t15-/m0/s1. The van der Waals surface area contributed by atoms with Crippen LogP contribution in [0.2, 0.25) is 0 Å². The summed E-state index contributed by atoms with van der Waals surface area (Å²) < 4.78 is 5.89. The number of hydrogen-bond acceptors (Lipinski definition) is 3. The fraction of sp³-hybridized carbons (Fsp3) is 0.333. The van der Waals surface area contributed by atoms with Gasteiger partial charge in [0.1, 0.15) is 5.75 Å². The van der Waals surface area contributed by atoms with Crippen molar-refractivity contribution in [2.24, 2.45) is 0 Å². The Hall–Kier alpha value is -2.62. The van der Waals surface area contributed by atoms with Gasteiger partial charge in [-0.2, -0.15) is 0 Å². The second-order valence-corrected chi connectivity index (χ2v) is 6.52. The summed E-state index contributed by atoms with van der Waals surface area (Å²) >= 11 is 0. The predicted molar refractivity (Wildman–Crippen MR) is 99.7 cm³/mol. The molecule has 1 heterocycles. The summed E-state index contributed by atoms with van der Waals surface area (Å²) in [5.74, 6) is 1.39. The summed E-state index contributed by atoms with van der Waals surface area (Å²) in [4.78, 5) is 15.4. The first-order chi connectivity index (χ1) is 12.1. The minimum absolute atomic E-state index is 0.0103. The summed E-state index contributed by atoms with van der Waals surface area (Å²) in [5.41, 5.74) is 3.81. The largest absolute Gasteiger partial charge is 0.439 e. The minimum Gasteiger partial charge on any atom is -0.439 e. The number of nitrogens with zero attached hydrogens (tertiary/aromatic N) is 1. The van der Waals surface area contributed by atoms with Gasteiger partial charge in [-0.1, -0.05) is 18.2 Å². The Morgan fingerprint density at radius 3 is 2.72 bits per heavy atom. The van der Waals surface area contributed by atoms with Crippen LogP contribution < -0.4 is 10.1 Å². The zero-order chi connectivity index (χ0) is 17.6. The molecule has 1 N–H and O–H groups in total. The van der Waals surface area contributed by atoms with Gasteiger partial charge in [-0.05, 0) is 67.5 Å². The smallest absolute Gasteiger partial charge is 0.219 e. The van der Waals surface area contributed by atoms with E-state index in [0.717, 1.165) is 17.7 Å². The average Bonchev–Trinajstić information content (AvgIpc) is 2.60. The molecule has 0 radical (unpaired) electrons. The number of hydrogen-bond donors (Lipinski definition) is 1. The number of amides is 1. The molecule has 0 unspecified atom stereocenters. The molecule has 1 aliphatic carbocycles. The molecule has 1 aromatic carbocycles. The molecule has 0 bridgehead atoms. The molecule has 0 aliphatic heterocycles. The van der Waals surface area contributed by atoms with Crippen molar-refractivity contribution in [1.82, 2.24) is 10.3 Å². The summed E-state index contributed by atoms with van der Waals surface area (Å²) in [6, 6.07) is 10.1. The van der Waals surface area contributed by atoms with Crippen molar-refractivity contribution in [3.05, 3.63) is 59.3 Å². The average molecular weight is 336 g/mol. The lowest BCUT2D eigenvalue weighted by Gasteiger charge is -2.16. The highest BCUT2D eigenvalue weighted by atomic mass is 16.5. The number of carbonyl (C=O) groups excluding carboxylic acids is 1. The second-order valence-electron chi connectivity index (χ2n) is 6.52. The Bertz CT molecular complexity index is 766. The first kappa shape index (κ1) is 17.2. The molecule has 25 heavy (non-hydrogen) atoms. The van der Waals surface area contributed by atoms with E-state index in [4.69, 9.17) is 4.74 Å². The molecule has 0 saturated heterocycles. The van der Waals surface area contributed by atoms with Crippen molar-refractivity contribution in [3.8, 4) is 11.6 Å². The monoisotopic (exact) mass is 336 g/mol. The number of rotatable bonds is 5. The molecule has 1 amide bonds. The second kappa shape index (κ2) is 7.97. The van der Waals surface area contributed by atoms with Crippen LogP contribution in [0.5, 0.6) is 11.6 Å². The Kier molecular flexibility index (Phi) is 5.49. The first-order valence-electron chi connectivity index (χ1n) is 8.81. The molecular formula is C21H24N2O2. The maximum atomic E-state index is 11.0. The summed E-state index contributed by atoms with van der Waals surface area (Å²) in [7, 11) is 0. The summed E-state index contributed by atoms with van der Waals surface area (Å²) in [6.07, 6.45) is 10.5. The highest BCUT2D eigenvalue weighted by Gasteiger charge is 2.10. The molecule has 1 aromatic heterocycles. The highest BCUT2D eigenvalue weighted by molar-refractivity contribution is 5.73. The van der Waals surface area contributed by atoms with Crippen molar-refractivity contribution in [2.75, 3.05) is 0 Å². The van der Waals surface area contributed by atoms with Crippen LogP contribution in [0.3, 0.4) is 0 Å². The van der Waals surface area contributed by atoms with Gasteiger partial charge in [0.2, 0.25) is 11.8 Å². The van der Waals surface area contributed by atoms with Gasteiger partial charge >= 0.3 is 0 Å². The minimum atomic E-state index is -0.0379. The molecule has 130 valence electrons. The molecular weight excluding hydrogens is 312 g/mol. The van der Waals surface area contributed by atoms with Gasteiger partial charge in [-0.25, -0.2) is 4.98 Å². The van der Waals surface area contributed by atoms with Gasteiger partial charge in [0, 0.05) is 25.2 Å². The number of carbonyl (C=O) groups is 1. The van der Waals surface area contributed by atoms with Crippen molar-refractivity contribution in [3.63, 3.8) is 0 Å². The zero-order valence-electron chi connectivity index (χ0n) is 14.8. The Morgan fingerprint density at radius 2 is 2.00 bits per heavy atom. The molecule has 4 nitrogen and oxygen atoms in total. The van der Waals surface area contributed by atoms with E-state index in [-0.39, 0.29) is 11.9 Å².